The molecule has 5 heteroatoms. The van der Waals surface area contributed by atoms with Crippen LogP contribution in [0.15, 0.2) is 0 Å². The highest BCUT2D eigenvalue weighted by Gasteiger charge is 2.34. The van der Waals surface area contributed by atoms with E-state index in [1.165, 1.54) is 26.9 Å². The van der Waals surface area contributed by atoms with Gasteiger partial charge in [0, 0.05) is 13.1 Å². The van der Waals surface area contributed by atoms with Gasteiger partial charge in [0.05, 0.1) is 7.11 Å². The molecular formula is C14H28N2O3. The Morgan fingerprint density at radius 2 is 2.11 bits per heavy atom. The molecule has 0 aromatic heterocycles. The van der Waals surface area contributed by atoms with Crippen LogP contribution < -0.4 is 5.32 Å². The molecule has 112 valence electrons. The summed E-state index contributed by atoms with van der Waals surface area (Å²) in [7, 11) is 1.31. The SMILES string of the molecule is CCCN(CC1CCNCC1)CC(C)(O)C(=O)OC. The van der Waals surface area contributed by atoms with Gasteiger partial charge in [-0.25, -0.2) is 4.79 Å². The minimum atomic E-state index is -1.42. The molecule has 0 spiro atoms. The third-order valence-corrected chi connectivity index (χ3v) is 3.67. The number of rotatable bonds is 7. The van der Waals surface area contributed by atoms with Gasteiger partial charge in [-0.3, -0.25) is 4.90 Å². The normalized spacial score (nSPS) is 20.3. The lowest BCUT2D eigenvalue weighted by Gasteiger charge is -2.33. The summed E-state index contributed by atoms with van der Waals surface area (Å²) in [5.74, 6) is 0.0974. The number of nitrogens with one attached hydrogen (secondary N) is 1. The van der Waals surface area contributed by atoms with E-state index in [1.54, 1.807) is 0 Å². The summed E-state index contributed by atoms with van der Waals surface area (Å²) in [6, 6.07) is 0. The Kier molecular flexibility index (Phi) is 6.75. The highest BCUT2D eigenvalue weighted by molar-refractivity contribution is 5.78. The number of carbonyl (C=O) groups excluding carboxylic acids is 1. The first-order valence-electron chi connectivity index (χ1n) is 7.23. The van der Waals surface area contributed by atoms with E-state index in [1.807, 2.05) is 0 Å². The predicted molar refractivity (Wildman–Crippen MR) is 75.0 cm³/mol. The predicted octanol–water partition coefficient (Wildman–Crippen LogP) is 0.622. The smallest absolute Gasteiger partial charge is 0.338 e. The Morgan fingerprint density at radius 3 is 2.63 bits per heavy atom. The van der Waals surface area contributed by atoms with Crippen molar-refractivity contribution in [3.63, 3.8) is 0 Å². The number of piperidine rings is 1. The molecule has 2 N–H and O–H groups in total. The molecule has 1 atom stereocenters. The lowest BCUT2D eigenvalue weighted by molar-refractivity contribution is -0.162. The average molecular weight is 272 g/mol. The van der Waals surface area contributed by atoms with E-state index in [4.69, 9.17) is 0 Å². The van der Waals surface area contributed by atoms with Crippen LogP contribution in [-0.2, 0) is 9.53 Å². The van der Waals surface area contributed by atoms with Gasteiger partial charge < -0.3 is 15.2 Å². The van der Waals surface area contributed by atoms with E-state index in [-0.39, 0.29) is 0 Å². The summed E-state index contributed by atoms with van der Waals surface area (Å²) in [6.45, 7) is 7.97. The van der Waals surface area contributed by atoms with Crippen molar-refractivity contribution in [3.05, 3.63) is 0 Å². The van der Waals surface area contributed by atoms with Crippen LogP contribution in [0, 0.1) is 5.92 Å². The molecule has 1 unspecified atom stereocenters. The van der Waals surface area contributed by atoms with Gasteiger partial charge in [0.15, 0.2) is 5.60 Å². The lowest BCUT2D eigenvalue weighted by Crippen LogP contribution is -2.49. The third-order valence-electron chi connectivity index (χ3n) is 3.67. The average Bonchev–Trinajstić information content (AvgIpc) is 2.38. The molecule has 1 rings (SSSR count). The van der Waals surface area contributed by atoms with Crippen LogP contribution >= 0.6 is 0 Å². The van der Waals surface area contributed by atoms with Gasteiger partial charge in [-0.15, -0.1) is 0 Å². The number of hydrogen-bond acceptors (Lipinski definition) is 5. The third kappa shape index (κ3) is 5.47. The van der Waals surface area contributed by atoms with Crippen LogP contribution in [0.1, 0.15) is 33.1 Å². The fourth-order valence-corrected chi connectivity index (χ4v) is 2.70. The number of ether oxygens (including phenoxy) is 1. The van der Waals surface area contributed by atoms with Crippen molar-refractivity contribution in [2.45, 2.75) is 38.7 Å². The lowest BCUT2D eigenvalue weighted by atomic mass is 9.96. The summed E-state index contributed by atoms with van der Waals surface area (Å²) in [5.41, 5.74) is -1.42. The molecule has 0 saturated carbocycles. The Balaban J connectivity index is 2.53. The zero-order chi connectivity index (χ0) is 14.3. The maximum Gasteiger partial charge on any atom is 0.338 e. The number of nitrogens with zero attached hydrogens (tertiary/aromatic N) is 1. The number of aliphatic hydroxyl groups is 1. The number of methoxy groups -OCH3 is 1. The van der Waals surface area contributed by atoms with Crippen LogP contribution in [0.5, 0.6) is 0 Å². The Bertz CT molecular complexity index is 276. The molecule has 1 aliphatic rings. The van der Waals surface area contributed by atoms with E-state index in [0.717, 1.165) is 32.6 Å². The molecule has 1 fully saturated rings. The van der Waals surface area contributed by atoms with Crippen LogP contribution in [0.2, 0.25) is 0 Å². The zero-order valence-corrected chi connectivity index (χ0v) is 12.4. The van der Waals surface area contributed by atoms with Crippen molar-refractivity contribution in [1.29, 1.82) is 0 Å². The largest absolute Gasteiger partial charge is 0.467 e. The van der Waals surface area contributed by atoms with E-state index < -0.39 is 11.6 Å². The number of esters is 1. The minimum Gasteiger partial charge on any atom is -0.467 e. The summed E-state index contributed by atoms with van der Waals surface area (Å²) >= 11 is 0. The van der Waals surface area contributed by atoms with Gasteiger partial charge in [-0.1, -0.05) is 6.92 Å². The maximum atomic E-state index is 11.6. The molecule has 0 radical (unpaired) electrons. The highest BCUT2D eigenvalue weighted by Crippen LogP contribution is 2.16. The van der Waals surface area contributed by atoms with Gasteiger partial charge in [0.1, 0.15) is 0 Å². The second-order valence-corrected chi connectivity index (χ2v) is 5.69. The second-order valence-electron chi connectivity index (χ2n) is 5.69. The Labute approximate surface area is 116 Å². The van der Waals surface area contributed by atoms with Crippen molar-refractivity contribution < 1.29 is 14.6 Å². The van der Waals surface area contributed by atoms with Crippen molar-refractivity contribution in [2.24, 2.45) is 5.92 Å². The van der Waals surface area contributed by atoms with Gasteiger partial charge in [0.25, 0.3) is 0 Å². The molecule has 5 nitrogen and oxygen atoms in total. The van der Waals surface area contributed by atoms with Crippen molar-refractivity contribution >= 4 is 5.97 Å². The van der Waals surface area contributed by atoms with E-state index in [9.17, 15) is 9.90 Å². The van der Waals surface area contributed by atoms with Gasteiger partial charge in [0.2, 0.25) is 0 Å². The second kappa shape index (κ2) is 7.82. The van der Waals surface area contributed by atoms with Gasteiger partial charge in [-0.05, 0) is 51.7 Å². The molecule has 19 heavy (non-hydrogen) atoms. The molecule has 1 saturated heterocycles. The van der Waals surface area contributed by atoms with Crippen molar-refractivity contribution in [1.82, 2.24) is 10.2 Å². The molecule has 1 aliphatic heterocycles. The summed E-state index contributed by atoms with van der Waals surface area (Å²) < 4.78 is 4.66. The number of carbonyl (C=O) groups is 1. The Hall–Kier alpha value is -0.650. The van der Waals surface area contributed by atoms with Crippen LogP contribution in [0.3, 0.4) is 0 Å². The van der Waals surface area contributed by atoms with Crippen LogP contribution in [0.25, 0.3) is 0 Å². The summed E-state index contributed by atoms with van der Waals surface area (Å²) in [4.78, 5) is 13.7. The quantitative estimate of drug-likeness (QED) is 0.665. The Morgan fingerprint density at radius 1 is 1.47 bits per heavy atom. The fraction of sp³-hybridized carbons (Fsp3) is 0.929. The minimum absolute atomic E-state index is 0.345. The van der Waals surface area contributed by atoms with E-state index >= 15 is 0 Å². The maximum absolute atomic E-state index is 11.6. The van der Waals surface area contributed by atoms with Crippen LogP contribution in [0.4, 0.5) is 0 Å². The van der Waals surface area contributed by atoms with Crippen molar-refractivity contribution in [3.8, 4) is 0 Å². The zero-order valence-electron chi connectivity index (χ0n) is 12.4. The summed E-state index contributed by atoms with van der Waals surface area (Å²) in [6.07, 6.45) is 3.35. The fourth-order valence-electron chi connectivity index (χ4n) is 2.70. The first-order valence-corrected chi connectivity index (χ1v) is 7.23. The highest BCUT2D eigenvalue weighted by atomic mass is 16.5. The first-order chi connectivity index (χ1) is 8.99. The first kappa shape index (κ1) is 16.4. The molecule has 0 aliphatic carbocycles. The van der Waals surface area contributed by atoms with Crippen molar-refractivity contribution in [2.75, 3.05) is 39.8 Å². The molecule has 0 amide bonds. The molecule has 0 aromatic rings. The molecule has 0 aromatic carbocycles. The summed E-state index contributed by atoms with van der Waals surface area (Å²) in [5, 5.41) is 13.5. The molecular weight excluding hydrogens is 244 g/mol. The van der Waals surface area contributed by atoms with Gasteiger partial charge >= 0.3 is 5.97 Å². The van der Waals surface area contributed by atoms with Crippen LogP contribution in [-0.4, -0.2) is 61.4 Å². The topological polar surface area (TPSA) is 61.8 Å². The molecule has 1 heterocycles. The standard InChI is InChI=1S/C14H28N2O3/c1-4-9-16(10-12-5-7-15-8-6-12)11-14(2,18)13(17)19-3/h12,15,18H,4-11H2,1-3H3. The van der Waals surface area contributed by atoms with Gasteiger partial charge in [-0.2, -0.15) is 0 Å². The van der Waals surface area contributed by atoms with E-state index in [2.05, 4.69) is 21.9 Å². The molecule has 0 bridgehead atoms. The number of hydrogen-bond donors (Lipinski definition) is 2. The van der Waals surface area contributed by atoms with E-state index in [0.29, 0.717) is 12.5 Å². The monoisotopic (exact) mass is 272 g/mol.